The molecule has 140 valence electrons. The second-order valence-corrected chi connectivity index (χ2v) is 6.86. The van der Waals surface area contributed by atoms with Crippen LogP contribution >= 0.6 is 0 Å². The van der Waals surface area contributed by atoms with E-state index in [4.69, 9.17) is 0 Å². The third-order valence-electron chi connectivity index (χ3n) is 4.82. The van der Waals surface area contributed by atoms with Crippen LogP contribution in [0.1, 0.15) is 21.6 Å². The van der Waals surface area contributed by atoms with E-state index in [1.54, 1.807) is 0 Å². The van der Waals surface area contributed by atoms with E-state index < -0.39 is 11.9 Å². The molecule has 0 saturated carbocycles. The number of amides is 1. The van der Waals surface area contributed by atoms with Crippen molar-refractivity contribution in [3.8, 4) is 0 Å². The van der Waals surface area contributed by atoms with Gasteiger partial charge < -0.3 is 14.8 Å². The fourth-order valence-electron chi connectivity index (χ4n) is 3.45. The number of carbonyl (C=O) groups excluding carboxylic acids is 1. The quantitative estimate of drug-likeness (QED) is 0.718. The summed E-state index contributed by atoms with van der Waals surface area (Å²) in [5, 5.41) is 13.0. The van der Waals surface area contributed by atoms with Gasteiger partial charge in [0.15, 0.2) is 0 Å². The molecule has 1 aliphatic heterocycles. The van der Waals surface area contributed by atoms with E-state index >= 15 is 0 Å². The number of nitrogens with one attached hydrogen (secondary N) is 1. The standard InChI is InChI=1S/C20H21FN4O2/c21-16-5-6-19-23-18(13-25(19)11-16)20(27)22-9-17(26)12-24-8-7-14-3-1-2-4-15(14)10-24/h1-6,11,13,17,26H,7-10,12H2,(H,22,27). The zero-order valence-corrected chi connectivity index (χ0v) is 14.8. The number of nitrogens with zero attached hydrogens (tertiary/aromatic N) is 3. The van der Waals surface area contributed by atoms with Crippen molar-refractivity contribution < 1.29 is 14.3 Å². The highest BCUT2D eigenvalue weighted by atomic mass is 19.1. The van der Waals surface area contributed by atoms with Crippen LogP contribution in [-0.4, -0.2) is 51.0 Å². The highest BCUT2D eigenvalue weighted by Crippen LogP contribution is 2.18. The van der Waals surface area contributed by atoms with E-state index in [9.17, 15) is 14.3 Å². The SMILES string of the molecule is O=C(NCC(O)CN1CCc2ccccc2C1)c1cn2cc(F)ccc2n1. The molecule has 3 heterocycles. The summed E-state index contributed by atoms with van der Waals surface area (Å²) >= 11 is 0. The predicted molar refractivity (Wildman–Crippen MR) is 98.9 cm³/mol. The van der Waals surface area contributed by atoms with E-state index in [2.05, 4.69) is 27.3 Å². The Balaban J connectivity index is 1.31. The van der Waals surface area contributed by atoms with Gasteiger partial charge in [-0.2, -0.15) is 0 Å². The zero-order valence-electron chi connectivity index (χ0n) is 14.8. The molecule has 27 heavy (non-hydrogen) atoms. The Morgan fingerprint density at radius 3 is 2.89 bits per heavy atom. The fraction of sp³-hybridized carbons (Fsp3) is 0.300. The maximum Gasteiger partial charge on any atom is 0.271 e. The Bertz CT molecular complexity index is 972. The van der Waals surface area contributed by atoms with Crippen LogP contribution in [0.15, 0.2) is 48.8 Å². The summed E-state index contributed by atoms with van der Waals surface area (Å²) in [7, 11) is 0. The van der Waals surface area contributed by atoms with E-state index in [0.717, 1.165) is 19.5 Å². The van der Waals surface area contributed by atoms with Gasteiger partial charge in [0.05, 0.1) is 6.10 Å². The average Bonchev–Trinajstić information content (AvgIpc) is 3.09. The second kappa shape index (κ2) is 7.46. The van der Waals surface area contributed by atoms with Crippen molar-refractivity contribution in [2.24, 2.45) is 0 Å². The molecular formula is C20H21FN4O2. The number of fused-ring (bicyclic) bond motifs is 2. The zero-order chi connectivity index (χ0) is 18.8. The lowest BCUT2D eigenvalue weighted by atomic mass is 10.00. The minimum Gasteiger partial charge on any atom is -0.390 e. The number of imidazole rings is 1. The van der Waals surface area contributed by atoms with Crippen LogP contribution in [0.5, 0.6) is 0 Å². The first-order chi connectivity index (χ1) is 13.1. The smallest absolute Gasteiger partial charge is 0.271 e. The average molecular weight is 368 g/mol. The number of hydrogen-bond donors (Lipinski definition) is 2. The first-order valence-electron chi connectivity index (χ1n) is 8.98. The highest BCUT2D eigenvalue weighted by Gasteiger charge is 2.19. The molecule has 0 spiro atoms. The topological polar surface area (TPSA) is 69.9 Å². The molecule has 0 aliphatic carbocycles. The Morgan fingerprint density at radius 1 is 1.22 bits per heavy atom. The lowest BCUT2D eigenvalue weighted by molar-refractivity contribution is 0.0838. The van der Waals surface area contributed by atoms with Crippen molar-refractivity contribution >= 4 is 11.6 Å². The molecule has 2 N–H and O–H groups in total. The summed E-state index contributed by atoms with van der Waals surface area (Å²) in [5.41, 5.74) is 3.34. The van der Waals surface area contributed by atoms with Crippen molar-refractivity contribution in [3.63, 3.8) is 0 Å². The predicted octanol–water partition coefficient (Wildman–Crippen LogP) is 1.62. The minimum absolute atomic E-state index is 0.138. The lowest BCUT2D eigenvalue weighted by Crippen LogP contribution is -2.42. The van der Waals surface area contributed by atoms with E-state index in [1.807, 2.05) is 12.1 Å². The molecule has 1 aromatic carbocycles. The second-order valence-electron chi connectivity index (χ2n) is 6.86. The maximum absolute atomic E-state index is 13.2. The molecular weight excluding hydrogens is 347 g/mol. The van der Waals surface area contributed by atoms with Gasteiger partial charge >= 0.3 is 0 Å². The summed E-state index contributed by atoms with van der Waals surface area (Å²) in [6.45, 7) is 2.32. The molecule has 0 fully saturated rings. The Hall–Kier alpha value is -2.77. The molecule has 3 aromatic rings. The van der Waals surface area contributed by atoms with Crippen LogP contribution in [-0.2, 0) is 13.0 Å². The van der Waals surface area contributed by atoms with Crippen LogP contribution in [0.2, 0.25) is 0 Å². The highest BCUT2D eigenvalue weighted by molar-refractivity contribution is 5.92. The van der Waals surface area contributed by atoms with Crippen LogP contribution in [0, 0.1) is 5.82 Å². The lowest BCUT2D eigenvalue weighted by Gasteiger charge is -2.30. The molecule has 1 aliphatic rings. The van der Waals surface area contributed by atoms with Crippen molar-refractivity contribution in [2.45, 2.75) is 19.1 Å². The molecule has 0 saturated heterocycles. The van der Waals surface area contributed by atoms with Crippen LogP contribution in [0.3, 0.4) is 0 Å². The molecule has 6 nitrogen and oxygen atoms in total. The monoisotopic (exact) mass is 368 g/mol. The molecule has 1 amide bonds. The van der Waals surface area contributed by atoms with E-state index in [-0.39, 0.29) is 18.1 Å². The van der Waals surface area contributed by atoms with Crippen LogP contribution in [0.25, 0.3) is 5.65 Å². The molecule has 4 rings (SSSR count). The van der Waals surface area contributed by atoms with Gasteiger partial charge in [0, 0.05) is 38.6 Å². The van der Waals surface area contributed by atoms with Gasteiger partial charge in [-0.15, -0.1) is 0 Å². The van der Waals surface area contributed by atoms with Gasteiger partial charge in [0.2, 0.25) is 0 Å². The summed E-state index contributed by atoms with van der Waals surface area (Å²) in [6.07, 6.45) is 3.03. The number of pyridine rings is 1. The molecule has 2 aromatic heterocycles. The fourth-order valence-corrected chi connectivity index (χ4v) is 3.45. The van der Waals surface area contributed by atoms with Crippen molar-refractivity contribution in [2.75, 3.05) is 19.6 Å². The van der Waals surface area contributed by atoms with Gasteiger partial charge in [-0.3, -0.25) is 9.69 Å². The maximum atomic E-state index is 13.2. The number of hydrogen-bond acceptors (Lipinski definition) is 4. The number of aliphatic hydroxyl groups is 1. The first kappa shape index (κ1) is 17.6. The van der Waals surface area contributed by atoms with E-state index in [1.165, 1.54) is 40.1 Å². The van der Waals surface area contributed by atoms with Crippen molar-refractivity contribution in [1.82, 2.24) is 19.6 Å². The molecule has 1 atom stereocenters. The molecule has 7 heteroatoms. The van der Waals surface area contributed by atoms with Gasteiger partial charge in [0.25, 0.3) is 5.91 Å². The summed E-state index contributed by atoms with van der Waals surface area (Å²) in [5.74, 6) is -0.785. The number of aliphatic hydroxyl groups excluding tert-OH is 1. The Morgan fingerprint density at radius 2 is 2.04 bits per heavy atom. The third-order valence-corrected chi connectivity index (χ3v) is 4.82. The number of benzene rings is 1. The summed E-state index contributed by atoms with van der Waals surface area (Å²) in [4.78, 5) is 18.6. The number of β-amino-alcohol motifs (C(OH)–C–C–N with tert-alkyl or cyclic N) is 1. The van der Waals surface area contributed by atoms with E-state index in [0.29, 0.717) is 12.2 Å². The third kappa shape index (κ3) is 3.99. The van der Waals surface area contributed by atoms with Crippen molar-refractivity contribution in [3.05, 3.63) is 71.4 Å². The Kier molecular flexibility index (Phi) is 4.87. The Labute approximate surface area is 156 Å². The van der Waals surface area contributed by atoms with Crippen LogP contribution < -0.4 is 5.32 Å². The molecule has 0 radical (unpaired) electrons. The normalized spacial score (nSPS) is 15.5. The largest absolute Gasteiger partial charge is 0.390 e. The molecule has 0 bridgehead atoms. The first-order valence-corrected chi connectivity index (χ1v) is 8.98. The summed E-state index contributed by atoms with van der Waals surface area (Å²) < 4.78 is 14.7. The number of rotatable bonds is 5. The summed E-state index contributed by atoms with van der Waals surface area (Å²) in [6, 6.07) is 11.1. The van der Waals surface area contributed by atoms with Gasteiger partial charge in [-0.1, -0.05) is 24.3 Å². The number of aromatic nitrogens is 2. The van der Waals surface area contributed by atoms with Gasteiger partial charge in [-0.25, -0.2) is 9.37 Å². The number of carbonyl (C=O) groups is 1. The minimum atomic E-state index is -0.673. The van der Waals surface area contributed by atoms with Crippen molar-refractivity contribution in [1.29, 1.82) is 0 Å². The number of halogens is 1. The van der Waals surface area contributed by atoms with Gasteiger partial charge in [-0.05, 0) is 29.7 Å². The van der Waals surface area contributed by atoms with Gasteiger partial charge in [0.1, 0.15) is 17.2 Å². The molecule has 1 unspecified atom stereocenters. The van der Waals surface area contributed by atoms with Crippen LogP contribution in [0.4, 0.5) is 4.39 Å².